The van der Waals surface area contributed by atoms with Gasteiger partial charge in [0.05, 0.1) is 0 Å². The Morgan fingerprint density at radius 2 is 1.84 bits per heavy atom. The zero-order chi connectivity index (χ0) is 14.2. The average Bonchev–Trinajstić information content (AvgIpc) is 2.59. The lowest BCUT2D eigenvalue weighted by Crippen LogP contribution is -2.63. The predicted molar refractivity (Wildman–Crippen MR) is 71.9 cm³/mol. The van der Waals surface area contributed by atoms with Crippen LogP contribution in [-0.4, -0.2) is 58.0 Å². The number of rotatable bonds is 4. The molecule has 0 aromatic heterocycles. The summed E-state index contributed by atoms with van der Waals surface area (Å²) in [4.78, 5) is 27.7. The molecule has 2 fully saturated rings. The van der Waals surface area contributed by atoms with Crippen LogP contribution in [0.25, 0.3) is 0 Å². The highest BCUT2D eigenvalue weighted by atomic mass is 16.4. The monoisotopic (exact) mass is 268 g/mol. The van der Waals surface area contributed by atoms with Crippen molar-refractivity contribution < 1.29 is 14.7 Å². The standard InChI is InChI=1S/C14H24N2O3/c1-4-7-16(10(2)17)14(13(18)19)8-11-5-6-12(9-14)15(11)3/h11-12H,4-9H2,1-3H3,(H,18,19). The van der Waals surface area contributed by atoms with E-state index in [1.54, 1.807) is 4.90 Å². The van der Waals surface area contributed by atoms with Crippen molar-refractivity contribution in [1.82, 2.24) is 9.80 Å². The predicted octanol–water partition coefficient (Wildman–Crippen LogP) is 1.32. The molecule has 2 saturated heterocycles. The number of nitrogens with zero attached hydrogens (tertiary/aromatic N) is 2. The lowest BCUT2D eigenvalue weighted by Gasteiger charge is -2.48. The van der Waals surface area contributed by atoms with Gasteiger partial charge in [-0.15, -0.1) is 0 Å². The van der Waals surface area contributed by atoms with E-state index in [9.17, 15) is 14.7 Å². The van der Waals surface area contributed by atoms with Crippen molar-refractivity contribution in [3.63, 3.8) is 0 Å². The van der Waals surface area contributed by atoms with Gasteiger partial charge in [-0.2, -0.15) is 0 Å². The van der Waals surface area contributed by atoms with Crippen LogP contribution in [0.2, 0.25) is 0 Å². The highest BCUT2D eigenvalue weighted by Crippen LogP contribution is 2.43. The molecule has 2 atom stereocenters. The highest BCUT2D eigenvalue weighted by Gasteiger charge is 2.55. The molecule has 0 spiro atoms. The Balaban J connectivity index is 2.33. The zero-order valence-electron chi connectivity index (χ0n) is 12.1. The van der Waals surface area contributed by atoms with E-state index in [-0.39, 0.29) is 5.91 Å². The maximum atomic E-state index is 11.9. The number of carboxylic acid groups (broad SMARTS) is 1. The normalized spacial score (nSPS) is 34.3. The number of piperidine rings is 1. The quantitative estimate of drug-likeness (QED) is 0.835. The first-order valence-electron chi connectivity index (χ1n) is 7.16. The number of hydrogen-bond donors (Lipinski definition) is 1. The molecule has 0 aromatic rings. The number of aliphatic carboxylic acids is 1. The molecule has 2 unspecified atom stereocenters. The lowest BCUT2D eigenvalue weighted by molar-refractivity contribution is -0.164. The van der Waals surface area contributed by atoms with Crippen LogP contribution < -0.4 is 0 Å². The third-order valence-electron chi connectivity index (χ3n) is 4.87. The molecule has 0 aromatic carbocycles. The second-order valence-electron chi connectivity index (χ2n) is 5.97. The molecule has 0 aliphatic carbocycles. The van der Waals surface area contributed by atoms with Crippen molar-refractivity contribution in [2.75, 3.05) is 13.6 Å². The van der Waals surface area contributed by atoms with E-state index in [0.29, 0.717) is 31.5 Å². The van der Waals surface area contributed by atoms with Crippen LogP contribution in [0, 0.1) is 0 Å². The third-order valence-corrected chi connectivity index (χ3v) is 4.87. The van der Waals surface area contributed by atoms with E-state index in [0.717, 1.165) is 19.3 Å². The molecule has 1 N–H and O–H groups in total. The molecule has 2 heterocycles. The fourth-order valence-electron chi connectivity index (χ4n) is 3.85. The van der Waals surface area contributed by atoms with E-state index < -0.39 is 11.5 Å². The first-order valence-corrected chi connectivity index (χ1v) is 7.16. The summed E-state index contributed by atoms with van der Waals surface area (Å²) in [6, 6.07) is 0.599. The third kappa shape index (κ3) is 2.24. The van der Waals surface area contributed by atoms with Crippen molar-refractivity contribution >= 4 is 11.9 Å². The Hall–Kier alpha value is -1.10. The van der Waals surface area contributed by atoms with Gasteiger partial charge in [-0.25, -0.2) is 4.79 Å². The van der Waals surface area contributed by atoms with Gasteiger partial charge in [0.1, 0.15) is 5.54 Å². The van der Waals surface area contributed by atoms with Gasteiger partial charge < -0.3 is 14.9 Å². The van der Waals surface area contributed by atoms with Crippen LogP contribution in [0.15, 0.2) is 0 Å². The summed E-state index contributed by atoms with van der Waals surface area (Å²) >= 11 is 0. The van der Waals surface area contributed by atoms with Crippen LogP contribution in [0.5, 0.6) is 0 Å². The summed E-state index contributed by atoms with van der Waals surface area (Å²) in [6.45, 7) is 4.00. The molecule has 5 heteroatoms. The molecular weight excluding hydrogens is 244 g/mol. The van der Waals surface area contributed by atoms with Crippen molar-refractivity contribution in [2.45, 2.75) is 63.6 Å². The fraction of sp³-hybridized carbons (Fsp3) is 0.857. The summed E-state index contributed by atoms with van der Waals surface area (Å²) in [5, 5.41) is 9.77. The average molecular weight is 268 g/mol. The number of carbonyl (C=O) groups excluding carboxylic acids is 1. The molecule has 2 rings (SSSR count). The van der Waals surface area contributed by atoms with E-state index in [1.165, 1.54) is 6.92 Å². The van der Waals surface area contributed by atoms with Crippen LogP contribution in [-0.2, 0) is 9.59 Å². The summed E-state index contributed by atoms with van der Waals surface area (Å²) in [5.41, 5.74) is -0.986. The smallest absolute Gasteiger partial charge is 0.329 e. The van der Waals surface area contributed by atoms with Gasteiger partial charge in [-0.05, 0) is 39.2 Å². The summed E-state index contributed by atoms with van der Waals surface area (Å²) < 4.78 is 0. The molecule has 0 radical (unpaired) electrons. The molecule has 108 valence electrons. The first-order chi connectivity index (χ1) is 8.92. The van der Waals surface area contributed by atoms with Crippen molar-refractivity contribution in [3.8, 4) is 0 Å². The Bertz CT molecular complexity index is 369. The molecule has 2 aliphatic rings. The van der Waals surface area contributed by atoms with Crippen molar-refractivity contribution in [2.24, 2.45) is 0 Å². The highest BCUT2D eigenvalue weighted by molar-refractivity contribution is 5.86. The second-order valence-corrected chi connectivity index (χ2v) is 5.97. The number of carbonyl (C=O) groups is 2. The molecule has 0 saturated carbocycles. The van der Waals surface area contributed by atoms with Gasteiger partial charge in [-0.1, -0.05) is 6.92 Å². The molecule has 19 heavy (non-hydrogen) atoms. The van der Waals surface area contributed by atoms with Gasteiger partial charge in [0.25, 0.3) is 0 Å². The zero-order valence-corrected chi connectivity index (χ0v) is 12.1. The number of hydrogen-bond acceptors (Lipinski definition) is 3. The van der Waals surface area contributed by atoms with E-state index in [4.69, 9.17) is 0 Å². The number of fused-ring (bicyclic) bond motifs is 2. The van der Waals surface area contributed by atoms with Gasteiger partial charge in [0.15, 0.2) is 0 Å². The molecular formula is C14H24N2O3. The van der Waals surface area contributed by atoms with Crippen LogP contribution in [0.1, 0.15) is 46.0 Å². The summed E-state index contributed by atoms with van der Waals surface area (Å²) in [5.74, 6) is -0.950. The van der Waals surface area contributed by atoms with Gasteiger partial charge >= 0.3 is 5.97 Å². The van der Waals surface area contributed by atoms with E-state index in [2.05, 4.69) is 11.9 Å². The minimum Gasteiger partial charge on any atom is -0.479 e. The van der Waals surface area contributed by atoms with E-state index in [1.807, 2.05) is 6.92 Å². The minimum absolute atomic E-state index is 0.117. The van der Waals surface area contributed by atoms with Crippen LogP contribution >= 0.6 is 0 Å². The minimum atomic E-state index is -0.986. The Morgan fingerprint density at radius 1 is 1.32 bits per heavy atom. The van der Waals surface area contributed by atoms with Gasteiger partial charge in [0, 0.05) is 25.6 Å². The Kier molecular flexibility index (Phi) is 3.85. The molecule has 2 aliphatic heterocycles. The topological polar surface area (TPSA) is 60.9 Å². The summed E-state index contributed by atoms with van der Waals surface area (Å²) in [7, 11) is 2.08. The Morgan fingerprint density at radius 3 is 2.21 bits per heavy atom. The first kappa shape index (κ1) is 14.3. The second kappa shape index (κ2) is 5.12. The SMILES string of the molecule is CCCN(C(C)=O)C1(C(=O)O)CC2CCC(C1)N2C. The lowest BCUT2D eigenvalue weighted by atomic mass is 9.81. The Labute approximate surface area is 114 Å². The number of amides is 1. The van der Waals surface area contributed by atoms with Gasteiger partial charge in [0.2, 0.25) is 5.91 Å². The molecule has 1 amide bonds. The van der Waals surface area contributed by atoms with Crippen molar-refractivity contribution in [1.29, 1.82) is 0 Å². The van der Waals surface area contributed by atoms with E-state index >= 15 is 0 Å². The number of carboxylic acids is 1. The van der Waals surface area contributed by atoms with Gasteiger partial charge in [-0.3, -0.25) is 4.79 Å². The summed E-state index contributed by atoms with van der Waals surface area (Å²) in [6.07, 6.45) is 4.02. The maximum Gasteiger partial charge on any atom is 0.329 e. The molecule has 5 nitrogen and oxygen atoms in total. The largest absolute Gasteiger partial charge is 0.479 e. The molecule has 2 bridgehead atoms. The maximum absolute atomic E-state index is 11.9. The fourth-order valence-corrected chi connectivity index (χ4v) is 3.85. The van der Waals surface area contributed by atoms with Crippen LogP contribution in [0.4, 0.5) is 0 Å². The van der Waals surface area contributed by atoms with Crippen molar-refractivity contribution in [3.05, 3.63) is 0 Å². The van der Waals surface area contributed by atoms with Crippen LogP contribution in [0.3, 0.4) is 0 Å².